The Hall–Kier alpha value is -1.40. The molecule has 0 spiro atoms. The largest absolute Gasteiger partial charge is 0.325 e. The normalized spacial score (nSPS) is 14.7. The van der Waals surface area contributed by atoms with Crippen LogP contribution >= 0.6 is 0 Å². The van der Waals surface area contributed by atoms with Crippen molar-refractivity contribution < 1.29 is 17.8 Å². The van der Waals surface area contributed by atoms with E-state index in [9.17, 15) is 17.8 Å². The summed E-state index contributed by atoms with van der Waals surface area (Å²) in [5.41, 5.74) is 2.95. The van der Waals surface area contributed by atoms with Crippen LogP contribution in [0.3, 0.4) is 0 Å². The molecule has 1 aliphatic rings. The number of amides is 1. The van der Waals surface area contributed by atoms with Crippen LogP contribution in [0.1, 0.15) is 22.3 Å². The average molecular weight is 255 g/mol. The molecule has 92 valence electrons. The standard InChI is InChI=1S/C11H13NO4S/c1-5-6(2)11(17(14,15)16)7(3)8-4-9(13)12-10(5)8/h4H2,1-3H3,(H,12,13)(H,14,15,16). The molecule has 6 heteroatoms. The van der Waals surface area contributed by atoms with Crippen molar-refractivity contribution in [1.82, 2.24) is 0 Å². The number of nitrogens with one attached hydrogen (secondary N) is 1. The average Bonchev–Trinajstić information content (AvgIpc) is 2.55. The van der Waals surface area contributed by atoms with Crippen molar-refractivity contribution in [1.29, 1.82) is 0 Å². The summed E-state index contributed by atoms with van der Waals surface area (Å²) in [6.07, 6.45) is 0.158. The first-order valence-electron chi connectivity index (χ1n) is 5.13. The highest BCUT2D eigenvalue weighted by Gasteiger charge is 2.29. The van der Waals surface area contributed by atoms with Crippen LogP contribution in [0.4, 0.5) is 5.69 Å². The predicted molar refractivity (Wildman–Crippen MR) is 62.8 cm³/mol. The fourth-order valence-electron chi connectivity index (χ4n) is 2.31. The predicted octanol–water partition coefficient (Wildman–Crippen LogP) is 1.35. The van der Waals surface area contributed by atoms with Crippen LogP contribution in [0, 0.1) is 20.8 Å². The van der Waals surface area contributed by atoms with E-state index in [0.717, 1.165) is 0 Å². The molecule has 1 aliphatic heterocycles. The topological polar surface area (TPSA) is 83.5 Å². The third-order valence-corrected chi connectivity index (χ3v) is 4.36. The molecule has 0 saturated heterocycles. The minimum absolute atomic E-state index is 0.0785. The van der Waals surface area contributed by atoms with Crippen LogP contribution in [-0.2, 0) is 21.3 Å². The summed E-state index contributed by atoms with van der Waals surface area (Å²) in [5.74, 6) is -0.155. The van der Waals surface area contributed by atoms with Gasteiger partial charge in [-0.3, -0.25) is 9.35 Å². The summed E-state index contributed by atoms with van der Waals surface area (Å²) in [6, 6.07) is 0. The summed E-state index contributed by atoms with van der Waals surface area (Å²) >= 11 is 0. The van der Waals surface area contributed by atoms with Crippen LogP contribution in [0.5, 0.6) is 0 Å². The monoisotopic (exact) mass is 255 g/mol. The second-order valence-corrected chi connectivity index (χ2v) is 5.62. The van der Waals surface area contributed by atoms with Crippen molar-refractivity contribution in [3.63, 3.8) is 0 Å². The van der Waals surface area contributed by atoms with Gasteiger partial charge in [0.2, 0.25) is 5.91 Å². The molecule has 0 saturated carbocycles. The van der Waals surface area contributed by atoms with E-state index in [4.69, 9.17) is 0 Å². The highest BCUT2D eigenvalue weighted by Crippen LogP contribution is 2.36. The lowest BCUT2D eigenvalue weighted by Crippen LogP contribution is -2.08. The number of hydrogen-bond donors (Lipinski definition) is 2. The number of rotatable bonds is 1. The molecule has 5 nitrogen and oxygen atoms in total. The van der Waals surface area contributed by atoms with Gasteiger partial charge >= 0.3 is 0 Å². The number of fused-ring (bicyclic) bond motifs is 1. The summed E-state index contributed by atoms with van der Waals surface area (Å²) in [5, 5.41) is 2.71. The Bertz CT molecular complexity index is 632. The van der Waals surface area contributed by atoms with Crippen LogP contribution in [0.25, 0.3) is 0 Å². The maximum Gasteiger partial charge on any atom is 0.295 e. The van der Waals surface area contributed by atoms with Gasteiger partial charge in [0.15, 0.2) is 0 Å². The fourth-order valence-corrected chi connectivity index (χ4v) is 3.36. The van der Waals surface area contributed by atoms with Crippen LogP contribution in [0.15, 0.2) is 4.90 Å². The Morgan fingerprint density at radius 2 is 1.71 bits per heavy atom. The Morgan fingerprint density at radius 3 is 2.24 bits per heavy atom. The van der Waals surface area contributed by atoms with E-state index in [1.807, 2.05) is 0 Å². The van der Waals surface area contributed by atoms with Gasteiger partial charge in [-0.25, -0.2) is 0 Å². The van der Waals surface area contributed by atoms with Crippen molar-refractivity contribution in [3.8, 4) is 0 Å². The van der Waals surface area contributed by atoms with E-state index in [0.29, 0.717) is 27.9 Å². The Balaban J connectivity index is 2.88. The number of carbonyl (C=O) groups is 1. The minimum atomic E-state index is -4.26. The van der Waals surface area contributed by atoms with Crippen molar-refractivity contribution in [2.45, 2.75) is 32.1 Å². The summed E-state index contributed by atoms with van der Waals surface area (Å²) < 4.78 is 32.0. The lowest BCUT2D eigenvalue weighted by atomic mass is 9.98. The van der Waals surface area contributed by atoms with Crippen molar-refractivity contribution in [3.05, 3.63) is 22.3 Å². The van der Waals surface area contributed by atoms with Crippen LogP contribution in [-0.4, -0.2) is 18.9 Å². The third-order valence-electron chi connectivity index (χ3n) is 3.23. The smallest absolute Gasteiger partial charge is 0.295 e. The molecule has 0 aliphatic carbocycles. The zero-order chi connectivity index (χ0) is 13.0. The van der Waals surface area contributed by atoms with E-state index in [1.54, 1.807) is 20.8 Å². The summed E-state index contributed by atoms with van der Waals surface area (Å²) in [6.45, 7) is 4.96. The van der Waals surface area contributed by atoms with Crippen molar-refractivity contribution >= 4 is 21.7 Å². The van der Waals surface area contributed by atoms with Gasteiger partial charge in [-0.05, 0) is 43.0 Å². The third kappa shape index (κ3) is 1.73. The number of hydrogen-bond acceptors (Lipinski definition) is 3. The highest BCUT2D eigenvalue weighted by molar-refractivity contribution is 7.86. The minimum Gasteiger partial charge on any atom is -0.325 e. The van der Waals surface area contributed by atoms with E-state index >= 15 is 0 Å². The van der Waals surface area contributed by atoms with Gasteiger partial charge in [0.05, 0.1) is 6.42 Å². The van der Waals surface area contributed by atoms with Gasteiger partial charge in [0.1, 0.15) is 4.90 Å². The van der Waals surface area contributed by atoms with Gasteiger partial charge in [0, 0.05) is 5.69 Å². The second kappa shape index (κ2) is 3.54. The SMILES string of the molecule is Cc1c(C)c(S(=O)(=O)O)c(C)c2c1NC(=O)C2. The number of carbonyl (C=O) groups excluding carboxylic acids is 1. The van der Waals surface area contributed by atoms with E-state index in [-0.39, 0.29) is 17.2 Å². The first-order chi connectivity index (χ1) is 7.73. The van der Waals surface area contributed by atoms with Crippen molar-refractivity contribution in [2.24, 2.45) is 0 Å². The molecular weight excluding hydrogens is 242 g/mol. The number of anilines is 1. The fraction of sp³-hybridized carbons (Fsp3) is 0.364. The zero-order valence-corrected chi connectivity index (χ0v) is 10.6. The molecule has 1 heterocycles. The molecule has 0 radical (unpaired) electrons. The quantitative estimate of drug-likeness (QED) is 0.742. The van der Waals surface area contributed by atoms with Gasteiger partial charge in [-0.1, -0.05) is 0 Å². The molecule has 0 bridgehead atoms. The van der Waals surface area contributed by atoms with Crippen molar-refractivity contribution in [2.75, 3.05) is 5.32 Å². The number of benzene rings is 1. The van der Waals surface area contributed by atoms with Gasteiger partial charge in [0.25, 0.3) is 10.1 Å². The maximum atomic E-state index is 11.4. The maximum absolute atomic E-state index is 11.4. The molecule has 1 aromatic rings. The second-order valence-electron chi connectivity index (χ2n) is 4.26. The van der Waals surface area contributed by atoms with Gasteiger partial charge in [-0.2, -0.15) is 8.42 Å². The first kappa shape index (κ1) is 12.1. The lowest BCUT2D eigenvalue weighted by molar-refractivity contribution is -0.115. The van der Waals surface area contributed by atoms with E-state index in [1.165, 1.54) is 0 Å². The molecule has 17 heavy (non-hydrogen) atoms. The molecule has 0 aromatic heterocycles. The molecule has 0 unspecified atom stereocenters. The Morgan fingerprint density at radius 1 is 1.12 bits per heavy atom. The van der Waals surface area contributed by atoms with E-state index < -0.39 is 10.1 Å². The molecule has 2 rings (SSSR count). The molecule has 1 amide bonds. The molecule has 0 fully saturated rings. The molecule has 0 atom stereocenters. The van der Waals surface area contributed by atoms with Crippen LogP contribution in [0.2, 0.25) is 0 Å². The van der Waals surface area contributed by atoms with Crippen LogP contribution < -0.4 is 5.32 Å². The Kier molecular flexibility index (Phi) is 2.52. The highest BCUT2D eigenvalue weighted by atomic mass is 32.2. The lowest BCUT2D eigenvalue weighted by Gasteiger charge is -2.15. The molecule has 1 aromatic carbocycles. The summed E-state index contributed by atoms with van der Waals surface area (Å²) in [7, 11) is -4.26. The van der Waals surface area contributed by atoms with Gasteiger partial charge in [-0.15, -0.1) is 0 Å². The first-order valence-corrected chi connectivity index (χ1v) is 6.57. The van der Waals surface area contributed by atoms with Gasteiger partial charge < -0.3 is 5.32 Å². The molecular formula is C11H13NO4S. The van der Waals surface area contributed by atoms with E-state index in [2.05, 4.69) is 5.32 Å². The summed E-state index contributed by atoms with van der Waals surface area (Å²) in [4.78, 5) is 11.3. The Labute approximate surface area is 99.6 Å². The zero-order valence-electron chi connectivity index (χ0n) is 9.79. The molecule has 2 N–H and O–H groups in total.